The Morgan fingerprint density at radius 1 is 1.35 bits per heavy atom. The third-order valence-electron chi connectivity index (χ3n) is 3.46. The minimum Gasteiger partial charge on any atom is -0.344 e. The second kappa shape index (κ2) is 7.59. The molecule has 1 atom stereocenters. The highest BCUT2D eigenvalue weighted by molar-refractivity contribution is 8.00. The van der Waals surface area contributed by atoms with E-state index in [1.165, 1.54) is 11.8 Å². The summed E-state index contributed by atoms with van der Waals surface area (Å²) < 4.78 is 1.77. The minimum atomic E-state index is -0.213. The van der Waals surface area contributed by atoms with Gasteiger partial charge in [-0.05, 0) is 38.8 Å². The van der Waals surface area contributed by atoms with Gasteiger partial charge in [0.1, 0.15) is 0 Å². The van der Waals surface area contributed by atoms with Crippen molar-refractivity contribution in [3.05, 3.63) is 35.4 Å². The highest BCUT2D eigenvalue weighted by atomic mass is 32.2. The average Bonchev–Trinajstić information content (AvgIpc) is 2.88. The van der Waals surface area contributed by atoms with Crippen LogP contribution in [0.2, 0.25) is 0 Å². The smallest absolute Gasteiger partial charge is 0.235 e. The summed E-state index contributed by atoms with van der Waals surface area (Å²) in [4.78, 5) is 23.0. The molecular weight excluding hydrogens is 310 g/mol. The summed E-state index contributed by atoms with van der Waals surface area (Å²) in [5, 5.41) is 4.58. The molecule has 124 valence electrons. The Morgan fingerprint density at radius 2 is 2.00 bits per heavy atom. The van der Waals surface area contributed by atoms with Crippen molar-refractivity contribution in [3.8, 4) is 0 Å². The molecule has 23 heavy (non-hydrogen) atoms. The Bertz CT molecular complexity index is 665. The second-order valence-corrected chi connectivity index (χ2v) is 7.03. The molecule has 0 aliphatic heterocycles. The van der Waals surface area contributed by atoms with Crippen molar-refractivity contribution < 1.29 is 4.79 Å². The number of likely N-dealkylation sites (N-methyl/N-ethyl adjacent to an activating group) is 1. The molecule has 2 aromatic rings. The molecule has 0 radical (unpaired) electrons. The molecule has 0 aromatic carbocycles. The van der Waals surface area contributed by atoms with E-state index in [9.17, 15) is 4.79 Å². The molecule has 0 unspecified atom stereocenters. The van der Waals surface area contributed by atoms with Gasteiger partial charge in [0.25, 0.3) is 0 Å². The molecule has 0 aliphatic carbocycles. The number of nitrogens with zero attached hydrogens (tertiary/aromatic N) is 5. The molecule has 0 aliphatic rings. The summed E-state index contributed by atoms with van der Waals surface area (Å²) in [7, 11) is 3.72. The van der Waals surface area contributed by atoms with Crippen LogP contribution in [-0.4, -0.2) is 49.4 Å². The lowest BCUT2D eigenvalue weighted by atomic mass is 10.2. The maximum atomic E-state index is 12.5. The lowest BCUT2D eigenvalue weighted by Crippen LogP contribution is -2.34. The van der Waals surface area contributed by atoms with Crippen LogP contribution in [0.25, 0.3) is 0 Å². The SMILES string of the molecule is Cc1cc(C)nc(S[C@H](C)C(=O)N(C)CCc2cnn(C)c2)n1. The van der Waals surface area contributed by atoms with Crippen LogP contribution in [0.4, 0.5) is 0 Å². The van der Waals surface area contributed by atoms with Crippen molar-refractivity contribution in [1.29, 1.82) is 0 Å². The largest absolute Gasteiger partial charge is 0.344 e. The minimum absolute atomic E-state index is 0.0849. The van der Waals surface area contributed by atoms with Gasteiger partial charge in [-0.3, -0.25) is 9.48 Å². The van der Waals surface area contributed by atoms with Gasteiger partial charge in [-0.15, -0.1) is 0 Å². The predicted molar refractivity (Wildman–Crippen MR) is 91.4 cm³/mol. The maximum Gasteiger partial charge on any atom is 0.235 e. The van der Waals surface area contributed by atoms with Crippen molar-refractivity contribution in [2.24, 2.45) is 7.05 Å². The Kier molecular flexibility index (Phi) is 5.76. The van der Waals surface area contributed by atoms with Gasteiger partial charge in [0.15, 0.2) is 5.16 Å². The fraction of sp³-hybridized carbons (Fsp3) is 0.500. The number of aromatic nitrogens is 4. The van der Waals surface area contributed by atoms with Crippen LogP contribution < -0.4 is 0 Å². The zero-order valence-electron chi connectivity index (χ0n) is 14.3. The first-order valence-electron chi connectivity index (χ1n) is 7.56. The van der Waals surface area contributed by atoms with Gasteiger partial charge in [0, 0.05) is 38.2 Å². The van der Waals surface area contributed by atoms with E-state index < -0.39 is 0 Å². The molecular formula is C16H23N5OS. The van der Waals surface area contributed by atoms with E-state index in [-0.39, 0.29) is 11.2 Å². The summed E-state index contributed by atoms with van der Waals surface area (Å²) in [6.07, 6.45) is 4.60. The summed E-state index contributed by atoms with van der Waals surface area (Å²) in [5.41, 5.74) is 2.97. The van der Waals surface area contributed by atoms with Crippen LogP contribution in [0, 0.1) is 13.8 Å². The van der Waals surface area contributed by atoms with Crippen LogP contribution in [-0.2, 0) is 18.3 Å². The first-order chi connectivity index (χ1) is 10.8. The molecule has 2 heterocycles. The molecule has 0 saturated heterocycles. The van der Waals surface area contributed by atoms with Crippen LogP contribution >= 0.6 is 11.8 Å². The molecule has 1 amide bonds. The average molecular weight is 333 g/mol. The van der Waals surface area contributed by atoms with Gasteiger partial charge in [-0.1, -0.05) is 11.8 Å². The van der Waals surface area contributed by atoms with Crippen LogP contribution in [0.3, 0.4) is 0 Å². The molecule has 7 heteroatoms. The Labute approximate surface area is 141 Å². The number of hydrogen-bond donors (Lipinski definition) is 0. The zero-order chi connectivity index (χ0) is 17.0. The first kappa shape index (κ1) is 17.5. The Morgan fingerprint density at radius 3 is 2.57 bits per heavy atom. The molecule has 0 bridgehead atoms. The molecule has 0 spiro atoms. The van der Waals surface area contributed by atoms with Crippen molar-refractivity contribution >= 4 is 17.7 Å². The summed E-state index contributed by atoms with van der Waals surface area (Å²) in [5.74, 6) is 0.0849. The van der Waals surface area contributed by atoms with E-state index in [0.717, 1.165) is 23.4 Å². The Hall–Kier alpha value is -1.89. The number of carbonyl (C=O) groups excluding carboxylic acids is 1. The van der Waals surface area contributed by atoms with Gasteiger partial charge >= 0.3 is 0 Å². The van der Waals surface area contributed by atoms with Crippen molar-refractivity contribution in [2.75, 3.05) is 13.6 Å². The first-order valence-corrected chi connectivity index (χ1v) is 8.44. The summed E-state index contributed by atoms with van der Waals surface area (Å²) in [6.45, 7) is 6.44. The molecule has 0 saturated carbocycles. The number of carbonyl (C=O) groups is 1. The third-order valence-corrected chi connectivity index (χ3v) is 4.41. The number of hydrogen-bond acceptors (Lipinski definition) is 5. The van der Waals surface area contributed by atoms with E-state index >= 15 is 0 Å². The van der Waals surface area contributed by atoms with E-state index in [4.69, 9.17) is 0 Å². The number of aryl methyl sites for hydroxylation is 3. The van der Waals surface area contributed by atoms with Gasteiger partial charge < -0.3 is 4.90 Å². The molecule has 0 N–H and O–H groups in total. The number of thioether (sulfide) groups is 1. The van der Waals surface area contributed by atoms with Crippen LogP contribution in [0.5, 0.6) is 0 Å². The van der Waals surface area contributed by atoms with Gasteiger partial charge in [0.2, 0.25) is 5.91 Å². The monoisotopic (exact) mass is 333 g/mol. The van der Waals surface area contributed by atoms with Gasteiger partial charge in [0.05, 0.1) is 11.4 Å². The highest BCUT2D eigenvalue weighted by Crippen LogP contribution is 2.21. The van der Waals surface area contributed by atoms with Crippen LogP contribution in [0.15, 0.2) is 23.6 Å². The van der Waals surface area contributed by atoms with Crippen molar-refractivity contribution in [2.45, 2.75) is 37.6 Å². The normalized spacial score (nSPS) is 12.2. The molecule has 0 fully saturated rings. The second-order valence-electron chi connectivity index (χ2n) is 5.73. The zero-order valence-corrected chi connectivity index (χ0v) is 15.1. The van der Waals surface area contributed by atoms with Crippen LogP contribution in [0.1, 0.15) is 23.9 Å². The predicted octanol–water partition coefficient (Wildman–Crippen LogP) is 2.01. The maximum absolute atomic E-state index is 12.5. The molecule has 6 nitrogen and oxygen atoms in total. The standard InChI is InChI=1S/C16H23N5OS/c1-11-8-12(2)19-16(18-11)23-13(3)15(22)20(4)7-6-14-9-17-21(5)10-14/h8-10,13H,6-7H2,1-5H3/t13-/m1/s1. The summed E-state index contributed by atoms with van der Waals surface area (Å²) in [6, 6.07) is 1.93. The lowest BCUT2D eigenvalue weighted by molar-refractivity contribution is -0.129. The lowest BCUT2D eigenvalue weighted by Gasteiger charge is -2.20. The fourth-order valence-electron chi connectivity index (χ4n) is 2.27. The molecule has 2 aromatic heterocycles. The quantitative estimate of drug-likeness (QED) is 0.598. The summed E-state index contributed by atoms with van der Waals surface area (Å²) >= 11 is 1.40. The van der Waals surface area contributed by atoms with Gasteiger partial charge in [-0.25, -0.2) is 9.97 Å². The van der Waals surface area contributed by atoms with E-state index in [1.54, 1.807) is 9.58 Å². The van der Waals surface area contributed by atoms with E-state index in [2.05, 4.69) is 15.1 Å². The highest BCUT2D eigenvalue weighted by Gasteiger charge is 2.20. The number of amides is 1. The number of rotatable bonds is 6. The third kappa shape index (κ3) is 5.06. The fourth-order valence-corrected chi connectivity index (χ4v) is 3.26. The topological polar surface area (TPSA) is 63.9 Å². The van der Waals surface area contributed by atoms with Crippen molar-refractivity contribution in [3.63, 3.8) is 0 Å². The van der Waals surface area contributed by atoms with E-state index in [1.807, 2.05) is 53.3 Å². The van der Waals surface area contributed by atoms with E-state index in [0.29, 0.717) is 11.7 Å². The van der Waals surface area contributed by atoms with Crippen molar-refractivity contribution in [1.82, 2.24) is 24.6 Å². The molecule has 2 rings (SSSR count). The Balaban J connectivity index is 1.90. The van der Waals surface area contributed by atoms with Gasteiger partial charge in [-0.2, -0.15) is 5.10 Å².